The van der Waals surface area contributed by atoms with Gasteiger partial charge in [0, 0.05) is 76.6 Å². The largest absolute Gasteiger partial charge is 0.507 e. The van der Waals surface area contributed by atoms with E-state index in [0.717, 1.165) is 67.4 Å². The van der Waals surface area contributed by atoms with E-state index in [1.54, 1.807) is 30.3 Å². The van der Waals surface area contributed by atoms with Crippen LogP contribution in [0.4, 0.5) is 17.2 Å². The summed E-state index contributed by atoms with van der Waals surface area (Å²) in [6, 6.07) is 23.4. The molecule has 310 valence electrons. The third-order valence-corrected chi connectivity index (χ3v) is 13.3. The van der Waals surface area contributed by atoms with Gasteiger partial charge in [-0.25, -0.2) is 0 Å². The number of amides is 5. The van der Waals surface area contributed by atoms with Crippen LogP contribution in [-0.2, 0) is 19.8 Å². The molecule has 4 aromatic rings. The van der Waals surface area contributed by atoms with Crippen molar-refractivity contribution in [3.8, 4) is 17.0 Å². The molecule has 60 heavy (non-hydrogen) atoms. The minimum Gasteiger partial charge on any atom is -0.507 e. The minimum atomic E-state index is -0.985. The van der Waals surface area contributed by atoms with Crippen molar-refractivity contribution in [2.45, 2.75) is 50.0 Å². The van der Waals surface area contributed by atoms with Gasteiger partial charge in [0.1, 0.15) is 11.8 Å². The number of carbonyl (C=O) groups is 5. The van der Waals surface area contributed by atoms with Crippen LogP contribution in [0.1, 0.15) is 64.8 Å². The quantitative estimate of drug-likeness (QED) is 0.221. The van der Waals surface area contributed by atoms with E-state index in [2.05, 4.69) is 47.2 Å². The number of phenols is 1. The van der Waals surface area contributed by atoms with Crippen LogP contribution < -0.4 is 20.9 Å². The van der Waals surface area contributed by atoms with Crippen molar-refractivity contribution < 1.29 is 29.1 Å². The number of piperidine rings is 3. The summed E-state index contributed by atoms with van der Waals surface area (Å²) in [6.07, 6.45) is 3.41. The fraction of sp³-hybridized carbons (Fsp3) is 0.400. The van der Waals surface area contributed by atoms with Crippen LogP contribution in [0.2, 0.25) is 0 Å². The lowest BCUT2D eigenvalue weighted by Crippen LogP contribution is -2.58. The van der Waals surface area contributed by atoms with Gasteiger partial charge in [-0.3, -0.25) is 39.1 Å². The number of fused-ring (bicyclic) bond motifs is 1. The molecule has 6 heterocycles. The number of rotatable bonds is 8. The highest BCUT2D eigenvalue weighted by Gasteiger charge is 2.47. The molecule has 4 N–H and O–H groups in total. The van der Waals surface area contributed by atoms with Gasteiger partial charge in [-0.1, -0.05) is 42.5 Å². The van der Waals surface area contributed by atoms with E-state index in [-0.39, 0.29) is 30.1 Å². The summed E-state index contributed by atoms with van der Waals surface area (Å²) in [4.78, 5) is 75.4. The van der Waals surface area contributed by atoms with Crippen molar-refractivity contribution in [1.82, 2.24) is 30.2 Å². The van der Waals surface area contributed by atoms with E-state index in [1.165, 1.54) is 0 Å². The second-order valence-corrected chi connectivity index (χ2v) is 16.7. The van der Waals surface area contributed by atoms with Crippen molar-refractivity contribution in [2.75, 3.05) is 74.4 Å². The molecule has 5 aliphatic rings. The number of nitrogens with one attached hydrogen (secondary N) is 1. The van der Waals surface area contributed by atoms with Gasteiger partial charge >= 0.3 is 0 Å². The summed E-state index contributed by atoms with van der Waals surface area (Å²) in [5.74, 6) is -0.906. The van der Waals surface area contributed by atoms with Gasteiger partial charge < -0.3 is 25.5 Å². The molecule has 1 atom stereocenters. The molecule has 0 radical (unpaired) electrons. The van der Waals surface area contributed by atoms with Gasteiger partial charge in [-0.05, 0) is 80.0 Å². The van der Waals surface area contributed by atoms with Crippen molar-refractivity contribution in [3.63, 3.8) is 0 Å². The fourth-order valence-electron chi connectivity index (χ4n) is 9.81. The predicted molar refractivity (Wildman–Crippen MR) is 224 cm³/mol. The second-order valence-electron chi connectivity index (χ2n) is 16.7. The monoisotopic (exact) mass is 811 g/mol. The number of piperazine rings is 1. The Hall–Kier alpha value is -6.35. The maximum Gasteiger partial charge on any atom is 0.262 e. The number of nitrogens with zero attached hydrogens (tertiary/aromatic N) is 7. The van der Waals surface area contributed by atoms with Crippen molar-refractivity contribution in [3.05, 3.63) is 95.6 Å². The summed E-state index contributed by atoms with van der Waals surface area (Å²) >= 11 is 0. The van der Waals surface area contributed by atoms with E-state index in [0.29, 0.717) is 67.6 Å². The first-order chi connectivity index (χ1) is 29.1. The van der Waals surface area contributed by atoms with Crippen LogP contribution in [-0.4, -0.2) is 124 Å². The molecule has 5 amide bonds. The van der Waals surface area contributed by atoms with Crippen molar-refractivity contribution in [2.24, 2.45) is 5.92 Å². The molecule has 15 nitrogen and oxygen atoms in total. The average molecular weight is 812 g/mol. The number of nitrogens with two attached hydrogens (primary N) is 1. The molecule has 1 aromatic heterocycles. The molecular formula is C45H49N9O6. The third-order valence-electron chi connectivity index (χ3n) is 13.3. The van der Waals surface area contributed by atoms with Crippen LogP contribution >= 0.6 is 0 Å². The first-order valence-electron chi connectivity index (χ1n) is 20.9. The summed E-state index contributed by atoms with van der Waals surface area (Å²) < 4.78 is 0. The van der Waals surface area contributed by atoms with E-state index in [9.17, 15) is 29.1 Å². The lowest BCUT2D eigenvalue weighted by molar-refractivity contribution is -0.140. The molecule has 4 fully saturated rings. The molecule has 1 unspecified atom stereocenters. The fourth-order valence-corrected chi connectivity index (χ4v) is 9.81. The van der Waals surface area contributed by atoms with E-state index < -0.39 is 35.1 Å². The molecule has 3 aromatic carbocycles. The first kappa shape index (κ1) is 39.1. The summed E-state index contributed by atoms with van der Waals surface area (Å²) in [6.45, 7) is 6.74. The molecule has 15 heteroatoms. The SMILES string of the molecule is Nc1nnc(-c2ccccc2O)cc1N1CCC(C(=O)N2CCN(CC3CCN(c4ccc5c(c4)C(=O)N(C4CCC(=O)NC4=O)C5=O)CC3)CC2)(c2ccccc2)CC1. The number of nitrogen functional groups attached to an aromatic ring is 1. The van der Waals surface area contributed by atoms with Gasteiger partial charge in [0.2, 0.25) is 17.7 Å². The number of benzene rings is 3. The molecule has 0 aliphatic carbocycles. The average Bonchev–Trinajstić information content (AvgIpc) is 3.52. The van der Waals surface area contributed by atoms with E-state index >= 15 is 0 Å². The molecule has 4 saturated heterocycles. The Bertz CT molecular complexity index is 2330. The Morgan fingerprint density at radius 1 is 0.750 bits per heavy atom. The Kier molecular flexibility index (Phi) is 10.4. The van der Waals surface area contributed by atoms with Crippen LogP contribution in [0.3, 0.4) is 0 Å². The van der Waals surface area contributed by atoms with Crippen LogP contribution in [0, 0.1) is 5.92 Å². The molecule has 0 bridgehead atoms. The molecular weight excluding hydrogens is 763 g/mol. The number of aromatic nitrogens is 2. The van der Waals surface area contributed by atoms with Crippen LogP contribution in [0.5, 0.6) is 5.75 Å². The topological polar surface area (TPSA) is 186 Å². The number of anilines is 3. The molecule has 0 spiro atoms. The minimum absolute atomic E-state index is 0.0838. The third kappa shape index (κ3) is 7.20. The van der Waals surface area contributed by atoms with Crippen LogP contribution in [0.15, 0.2) is 78.9 Å². The maximum absolute atomic E-state index is 14.7. The zero-order chi connectivity index (χ0) is 41.5. The summed E-state index contributed by atoms with van der Waals surface area (Å²) in [7, 11) is 0. The maximum atomic E-state index is 14.7. The number of hydrogen-bond acceptors (Lipinski definition) is 12. The Morgan fingerprint density at radius 3 is 2.17 bits per heavy atom. The molecule has 0 saturated carbocycles. The van der Waals surface area contributed by atoms with E-state index in [1.807, 2.05) is 36.4 Å². The van der Waals surface area contributed by atoms with Crippen molar-refractivity contribution >= 4 is 46.7 Å². The number of carbonyl (C=O) groups excluding carboxylic acids is 5. The van der Waals surface area contributed by atoms with Gasteiger partial charge in [-0.2, -0.15) is 0 Å². The second kappa shape index (κ2) is 16.0. The highest BCUT2D eigenvalue weighted by Crippen LogP contribution is 2.41. The lowest BCUT2D eigenvalue weighted by Gasteiger charge is -2.46. The Balaban J connectivity index is 0.799. The Morgan fingerprint density at radius 2 is 1.45 bits per heavy atom. The normalized spacial score (nSPS) is 21.3. The highest BCUT2D eigenvalue weighted by molar-refractivity contribution is 6.23. The van der Waals surface area contributed by atoms with E-state index in [4.69, 9.17) is 5.73 Å². The predicted octanol–water partition coefficient (Wildman–Crippen LogP) is 3.43. The van der Waals surface area contributed by atoms with Gasteiger partial charge in [0.15, 0.2) is 5.82 Å². The molecule has 9 rings (SSSR count). The zero-order valence-corrected chi connectivity index (χ0v) is 33.5. The zero-order valence-electron chi connectivity index (χ0n) is 33.5. The summed E-state index contributed by atoms with van der Waals surface area (Å²) in [5, 5.41) is 21.2. The van der Waals surface area contributed by atoms with Gasteiger partial charge in [-0.15, -0.1) is 10.2 Å². The highest BCUT2D eigenvalue weighted by atomic mass is 16.3. The number of imide groups is 2. The standard InChI is InChI=1S/C45H49N9O6/c46-40-37(27-35(48-49-40)33-8-4-5-9-38(33)55)52-20-16-45(17-21-52,30-6-2-1-3-7-30)44(60)53-24-22-50(23-25-53)28-29-14-18-51(19-15-29)31-10-11-32-34(26-31)43(59)54(42(32)58)36-12-13-39(56)47-41(36)57/h1-11,26-27,29,36,55H,12-25,28H2,(H2,46,49)(H,47,56,57). The lowest BCUT2D eigenvalue weighted by atomic mass is 9.71. The Labute approximate surface area is 348 Å². The van der Waals surface area contributed by atoms with Gasteiger partial charge in [0.25, 0.3) is 11.8 Å². The number of para-hydroxylation sites is 1. The summed E-state index contributed by atoms with van der Waals surface area (Å²) in [5.41, 5.74) is 10.1. The number of hydrogen-bond donors (Lipinski definition) is 3. The first-order valence-corrected chi connectivity index (χ1v) is 20.9. The van der Waals surface area contributed by atoms with Gasteiger partial charge in [0.05, 0.1) is 27.9 Å². The van der Waals surface area contributed by atoms with Crippen molar-refractivity contribution in [1.29, 1.82) is 0 Å². The number of phenolic OH excluding ortho intramolecular Hbond substituents is 1. The smallest absolute Gasteiger partial charge is 0.262 e. The van der Waals surface area contributed by atoms with Crippen LogP contribution in [0.25, 0.3) is 11.3 Å². The number of aromatic hydroxyl groups is 1. The molecule has 5 aliphatic heterocycles.